The Labute approximate surface area is 142 Å². The average Bonchev–Trinajstić information content (AvgIpc) is 2.61. The molecule has 0 heterocycles. The summed E-state index contributed by atoms with van der Waals surface area (Å²) in [6.45, 7) is 2.21. The maximum absolute atomic E-state index is 12.1. The van der Waals surface area contributed by atoms with Crippen LogP contribution in [0.5, 0.6) is 0 Å². The van der Waals surface area contributed by atoms with E-state index in [4.69, 9.17) is 4.74 Å². The van der Waals surface area contributed by atoms with Crippen molar-refractivity contribution in [1.29, 1.82) is 0 Å². The molecule has 2 aromatic carbocycles. The SMILES string of the molecule is COCC(C)NC(=O)CNC(=O)c1ccc(-c2ccccc2)cc1. The van der Waals surface area contributed by atoms with Crippen molar-refractivity contribution in [3.05, 3.63) is 60.2 Å². The minimum atomic E-state index is -0.274. The maximum Gasteiger partial charge on any atom is 0.251 e. The quantitative estimate of drug-likeness (QED) is 0.820. The van der Waals surface area contributed by atoms with Crippen LogP contribution in [0.3, 0.4) is 0 Å². The van der Waals surface area contributed by atoms with Crippen molar-refractivity contribution in [2.45, 2.75) is 13.0 Å². The smallest absolute Gasteiger partial charge is 0.251 e. The lowest BCUT2D eigenvalue weighted by atomic mass is 10.0. The molecule has 0 aromatic heterocycles. The molecule has 1 unspecified atom stereocenters. The van der Waals surface area contributed by atoms with E-state index >= 15 is 0 Å². The summed E-state index contributed by atoms with van der Waals surface area (Å²) in [7, 11) is 1.57. The molecule has 0 bridgehead atoms. The number of nitrogens with one attached hydrogen (secondary N) is 2. The summed E-state index contributed by atoms with van der Waals surface area (Å²) < 4.78 is 4.95. The molecule has 24 heavy (non-hydrogen) atoms. The van der Waals surface area contributed by atoms with Gasteiger partial charge >= 0.3 is 0 Å². The van der Waals surface area contributed by atoms with Crippen molar-refractivity contribution >= 4 is 11.8 Å². The highest BCUT2D eigenvalue weighted by atomic mass is 16.5. The zero-order valence-corrected chi connectivity index (χ0v) is 13.9. The van der Waals surface area contributed by atoms with Crippen LogP contribution in [0.1, 0.15) is 17.3 Å². The first-order valence-electron chi connectivity index (χ1n) is 7.82. The van der Waals surface area contributed by atoms with Crippen LogP contribution in [0.15, 0.2) is 54.6 Å². The summed E-state index contributed by atoms with van der Waals surface area (Å²) in [5.41, 5.74) is 2.65. The zero-order chi connectivity index (χ0) is 17.4. The van der Waals surface area contributed by atoms with Gasteiger partial charge in [-0.15, -0.1) is 0 Å². The van der Waals surface area contributed by atoms with Crippen LogP contribution in [0.4, 0.5) is 0 Å². The largest absolute Gasteiger partial charge is 0.383 e. The lowest BCUT2D eigenvalue weighted by Gasteiger charge is -2.13. The van der Waals surface area contributed by atoms with Gasteiger partial charge < -0.3 is 15.4 Å². The van der Waals surface area contributed by atoms with Crippen molar-refractivity contribution < 1.29 is 14.3 Å². The van der Waals surface area contributed by atoms with E-state index in [1.54, 1.807) is 19.2 Å². The van der Waals surface area contributed by atoms with E-state index < -0.39 is 0 Å². The highest BCUT2D eigenvalue weighted by molar-refractivity contribution is 5.96. The molecule has 2 rings (SSSR count). The molecule has 2 amide bonds. The van der Waals surface area contributed by atoms with Gasteiger partial charge in [0.2, 0.25) is 5.91 Å². The summed E-state index contributed by atoms with van der Waals surface area (Å²) in [4.78, 5) is 23.8. The third kappa shape index (κ3) is 5.21. The van der Waals surface area contributed by atoms with Crippen LogP contribution in [0.25, 0.3) is 11.1 Å². The Kier molecular flexibility index (Phi) is 6.51. The van der Waals surface area contributed by atoms with E-state index in [9.17, 15) is 9.59 Å². The van der Waals surface area contributed by atoms with Gasteiger partial charge in [0.05, 0.1) is 13.2 Å². The van der Waals surface area contributed by atoms with Gasteiger partial charge in [0.15, 0.2) is 0 Å². The lowest BCUT2D eigenvalue weighted by molar-refractivity contribution is -0.121. The van der Waals surface area contributed by atoms with Crippen molar-refractivity contribution in [2.75, 3.05) is 20.3 Å². The molecule has 5 nitrogen and oxygen atoms in total. The molecule has 5 heteroatoms. The van der Waals surface area contributed by atoms with E-state index in [0.717, 1.165) is 11.1 Å². The van der Waals surface area contributed by atoms with Gasteiger partial charge in [0.1, 0.15) is 0 Å². The fraction of sp³-hybridized carbons (Fsp3) is 0.263. The Balaban J connectivity index is 1.88. The number of amides is 2. The van der Waals surface area contributed by atoms with E-state index in [-0.39, 0.29) is 24.4 Å². The van der Waals surface area contributed by atoms with Crippen molar-refractivity contribution in [2.24, 2.45) is 0 Å². The van der Waals surface area contributed by atoms with Crippen LogP contribution in [-0.2, 0) is 9.53 Å². The summed E-state index contributed by atoms with van der Waals surface area (Å²) in [5.74, 6) is -0.516. The number of rotatable bonds is 7. The normalized spacial score (nSPS) is 11.6. The maximum atomic E-state index is 12.1. The molecule has 0 saturated carbocycles. The Morgan fingerprint density at radius 2 is 1.62 bits per heavy atom. The second-order valence-electron chi connectivity index (χ2n) is 5.55. The Hall–Kier alpha value is -2.66. The van der Waals surface area contributed by atoms with Crippen LogP contribution < -0.4 is 10.6 Å². The van der Waals surface area contributed by atoms with Gasteiger partial charge in [-0.3, -0.25) is 9.59 Å². The summed E-state index contributed by atoms with van der Waals surface area (Å²) >= 11 is 0. The fourth-order valence-corrected chi connectivity index (χ4v) is 2.32. The molecule has 0 spiro atoms. The van der Waals surface area contributed by atoms with Crippen molar-refractivity contribution in [1.82, 2.24) is 10.6 Å². The number of methoxy groups -OCH3 is 1. The van der Waals surface area contributed by atoms with E-state index in [1.165, 1.54) is 0 Å². The van der Waals surface area contributed by atoms with Crippen molar-refractivity contribution in [3.63, 3.8) is 0 Å². The molecule has 0 aliphatic rings. The third-order valence-electron chi connectivity index (χ3n) is 3.49. The molecule has 2 N–H and O–H groups in total. The van der Waals surface area contributed by atoms with Crippen LogP contribution in [0, 0.1) is 0 Å². The molecule has 2 aromatic rings. The molecule has 0 aliphatic heterocycles. The third-order valence-corrected chi connectivity index (χ3v) is 3.49. The second kappa shape index (κ2) is 8.84. The van der Waals surface area contributed by atoms with Gasteiger partial charge in [-0.05, 0) is 30.2 Å². The minimum Gasteiger partial charge on any atom is -0.383 e. The number of carbonyl (C=O) groups excluding carboxylic acids is 2. The fourth-order valence-electron chi connectivity index (χ4n) is 2.32. The standard InChI is InChI=1S/C19H22N2O3/c1-14(13-24-2)21-18(22)12-20-19(23)17-10-8-16(9-11-17)15-6-4-3-5-7-15/h3-11,14H,12-13H2,1-2H3,(H,20,23)(H,21,22). The molecule has 0 fully saturated rings. The predicted molar refractivity (Wildman–Crippen MR) is 93.7 cm³/mol. The summed E-state index contributed by atoms with van der Waals surface area (Å²) in [6, 6.07) is 17.1. The van der Waals surface area contributed by atoms with Crippen LogP contribution >= 0.6 is 0 Å². The van der Waals surface area contributed by atoms with E-state index in [0.29, 0.717) is 12.2 Å². The number of carbonyl (C=O) groups is 2. The van der Waals surface area contributed by atoms with Gasteiger partial charge in [-0.1, -0.05) is 42.5 Å². The first kappa shape index (κ1) is 17.7. The number of hydrogen-bond donors (Lipinski definition) is 2. The molecular weight excluding hydrogens is 304 g/mol. The first-order valence-corrected chi connectivity index (χ1v) is 7.82. The molecular formula is C19H22N2O3. The van der Waals surface area contributed by atoms with Gasteiger partial charge in [-0.2, -0.15) is 0 Å². The Morgan fingerprint density at radius 1 is 1.00 bits per heavy atom. The minimum absolute atomic E-state index is 0.0622. The number of hydrogen-bond acceptors (Lipinski definition) is 3. The van der Waals surface area contributed by atoms with E-state index in [2.05, 4.69) is 10.6 Å². The Morgan fingerprint density at radius 3 is 2.25 bits per heavy atom. The lowest BCUT2D eigenvalue weighted by Crippen LogP contribution is -2.42. The van der Waals surface area contributed by atoms with Gasteiger partial charge in [0, 0.05) is 18.7 Å². The molecule has 0 aliphatic carbocycles. The molecule has 0 radical (unpaired) electrons. The summed E-state index contributed by atoms with van der Waals surface area (Å²) in [6.07, 6.45) is 0. The average molecular weight is 326 g/mol. The van der Waals surface area contributed by atoms with Crippen molar-refractivity contribution in [3.8, 4) is 11.1 Å². The Bertz CT molecular complexity index is 669. The molecule has 1 atom stereocenters. The summed E-state index contributed by atoms with van der Waals surface area (Å²) in [5, 5.41) is 5.35. The van der Waals surface area contributed by atoms with Crippen LogP contribution in [0.2, 0.25) is 0 Å². The first-order chi connectivity index (χ1) is 11.6. The second-order valence-corrected chi connectivity index (χ2v) is 5.55. The molecule has 0 saturated heterocycles. The number of ether oxygens (including phenoxy) is 1. The monoisotopic (exact) mass is 326 g/mol. The molecule has 126 valence electrons. The topological polar surface area (TPSA) is 67.4 Å². The van der Waals surface area contributed by atoms with Gasteiger partial charge in [0.25, 0.3) is 5.91 Å². The predicted octanol–water partition coefficient (Wildman–Crippen LogP) is 2.23. The van der Waals surface area contributed by atoms with Crippen LogP contribution in [-0.4, -0.2) is 38.1 Å². The highest BCUT2D eigenvalue weighted by Gasteiger charge is 2.10. The number of benzene rings is 2. The highest BCUT2D eigenvalue weighted by Crippen LogP contribution is 2.19. The zero-order valence-electron chi connectivity index (χ0n) is 13.9. The van der Waals surface area contributed by atoms with Gasteiger partial charge in [-0.25, -0.2) is 0 Å². The van der Waals surface area contributed by atoms with E-state index in [1.807, 2.05) is 49.4 Å².